The first-order valence-corrected chi connectivity index (χ1v) is 11.4. The molecule has 30 heavy (non-hydrogen) atoms. The van der Waals surface area contributed by atoms with E-state index in [2.05, 4.69) is 10.4 Å². The van der Waals surface area contributed by atoms with Gasteiger partial charge >= 0.3 is 0 Å². The standard InChI is InChI=1S/C22H24N4O3S/c27-22(24-21-11-14-23-26(21)17-18-7-3-1-4-8-18)19-12-15-25(16-13-19)30(28,29)20-9-5-2-6-10-20/h1-11,14,19H,12-13,15-17H2,(H,24,27). The number of hydrogen-bond acceptors (Lipinski definition) is 4. The fraction of sp³-hybridized carbons (Fsp3) is 0.273. The minimum absolute atomic E-state index is 0.0958. The molecule has 2 aromatic carbocycles. The number of hydrogen-bond donors (Lipinski definition) is 1. The van der Waals surface area contributed by atoms with Gasteiger partial charge < -0.3 is 5.32 Å². The van der Waals surface area contributed by atoms with Crippen molar-refractivity contribution in [3.63, 3.8) is 0 Å². The lowest BCUT2D eigenvalue weighted by Gasteiger charge is -2.30. The molecule has 0 saturated carbocycles. The lowest BCUT2D eigenvalue weighted by atomic mass is 9.97. The number of nitrogens with one attached hydrogen (secondary N) is 1. The van der Waals surface area contributed by atoms with Crippen LogP contribution in [0.4, 0.5) is 5.82 Å². The van der Waals surface area contributed by atoms with Crippen molar-refractivity contribution < 1.29 is 13.2 Å². The van der Waals surface area contributed by atoms with Crippen molar-refractivity contribution in [3.05, 3.63) is 78.5 Å². The third-order valence-electron chi connectivity index (χ3n) is 5.35. The van der Waals surface area contributed by atoms with Crippen LogP contribution in [0.25, 0.3) is 0 Å². The highest BCUT2D eigenvalue weighted by Crippen LogP contribution is 2.25. The maximum absolute atomic E-state index is 12.8. The predicted octanol–water partition coefficient (Wildman–Crippen LogP) is 2.97. The number of rotatable bonds is 6. The Kier molecular flexibility index (Phi) is 5.96. The van der Waals surface area contributed by atoms with Gasteiger partial charge in [-0.1, -0.05) is 48.5 Å². The van der Waals surface area contributed by atoms with E-state index in [0.717, 1.165) is 5.56 Å². The number of benzene rings is 2. The van der Waals surface area contributed by atoms with E-state index in [0.29, 0.717) is 38.3 Å². The summed E-state index contributed by atoms with van der Waals surface area (Å²) in [7, 11) is -3.51. The summed E-state index contributed by atoms with van der Waals surface area (Å²) in [5.41, 5.74) is 1.09. The van der Waals surface area contributed by atoms with E-state index in [1.807, 2.05) is 30.3 Å². The molecule has 2 heterocycles. The van der Waals surface area contributed by atoms with Gasteiger partial charge in [-0.15, -0.1) is 0 Å². The zero-order valence-corrected chi connectivity index (χ0v) is 17.3. The van der Waals surface area contributed by atoms with Crippen LogP contribution in [0.15, 0.2) is 77.8 Å². The second kappa shape index (κ2) is 8.81. The lowest BCUT2D eigenvalue weighted by molar-refractivity contribution is -0.121. The Hall–Kier alpha value is -2.97. The van der Waals surface area contributed by atoms with E-state index < -0.39 is 10.0 Å². The van der Waals surface area contributed by atoms with Gasteiger partial charge in [-0.05, 0) is 30.5 Å². The van der Waals surface area contributed by atoms with Gasteiger partial charge in [-0.2, -0.15) is 9.40 Å². The van der Waals surface area contributed by atoms with Crippen LogP contribution in [-0.4, -0.2) is 41.5 Å². The molecular weight excluding hydrogens is 400 g/mol. The molecule has 1 aromatic heterocycles. The fourth-order valence-electron chi connectivity index (χ4n) is 3.65. The van der Waals surface area contributed by atoms with Gasteiger partial charge in [0.25, 0.3) is 0 Å². The van der Waals surface area contributed by atoms with Crippen LogP contribution in [0.2, 0.25) is 0 Å². The highest BCUT2D eigenvalue weighted by atomic mass is 32.2. The van der Waals surface area contributed by atoms with Crippen molar-refractivity contribution in [1.29, 1.82) is 0 Å². The third-order valence-corrected chi connectivity index (χ3v) is 7.26. The Balaban J connectivity index is 1.36. The quantitative estimate of drug-likeness (QED) is 0.659. The Labute approximate surface area is 176 Å². The summed E-state index contributed by atoms with van der Waals surface area (Å²) in [6, 6.07) is 20.1. The van der Waals surface area contributed by atoms with Crippen LogP contribution in [0.1, 0.15) is 18.4 Å². The summed E-state index contributed by atoms with van der Waals surface area (Å²) in [6.45, 7) is 1.23. The molecule has 3 aromatic rings. The highest BCUT2D eigenvalue weighted by molar-refractivity contribution is 7.89. The molecule has 1 amide bonds. The van der Waals surface area contributed by atoms with Crippen LogP contribution in [0.5, 0.6) is 0 Å². The second-order valence-electron chi connectivity index (χ2n) is 7.34. The minimum Gasteiger partial charge on any atom is -0.311 e. The van der Waals surface area contributed by atoms with Crippen molar-refractivity contribution in [1.82, 2.24) is 14.1 Å². The summed E-state index contributed by atoms with van der Waals surface area (Å²) < 4.78 is 28.7. The van der Waals surface area contributed by atoms with Crippen LogP contribution in [0.3, 0.4) is 0 Å². The fourth-order valence-corrected chi connectivity index (χ4v) is 5.14. The van der Waals surface area contributed by atoms with E-state index in [4.69, 9.17) is 0 Å². The number of carbonyl (C=O) groups is 1. The van der Waals surface area contributed by atoms with Gasteiger partial charge in [-0.3, -0.25) is 4.79 Å². The van der Waals surface area contributed by atoms with Crippen molar-refractivity contribution >= 4 is 21.7 Å². The summed E-state index contributed by atoms with van der Waals surface area (Å²) in [4.78, 5) is 13.1. The van der Waals surface area contributed by atoms with Gasteiger partial charge in [0, 0.05) is 25.1 Å². The largest absolute Gasteiger partial charge is 0.311 e. The Morgan fingerprint density at radius 2 is 1.60 bits per heavy atom. The van der Waals surface area contributed by atoms with Gasteiger partial charge in [0.1, 0.15) is 5.82 Å². The molecule has 0 atom stereocenters. The number of amides is 1. The molecule has 7 nitrogen and oxygen atoms in total. The minimum atomic E-state index is -3.51. The Bertz CT molecular complexity index is 1090. The summed E-state index contributed by atoms with van der Waals surface area (Å²) in [5.74, 6) is 0.317. The van der Waals surface area contributed by atoms with Crippen molar-refractivity contribution in [2.75, 3.05) is 18.4 Å². The maximum atomic E-state index is 12.8. The van der Waals surface area contributed by atoms with Crippen molar-refractivity contribution in [2.24, 2.45) is 5.92 Å². The predicted molar refractivity (Wildman–Crippen MR) is 114 cm³/mol. The SMILES string of the molecule is O=C(Nc1ccnn1Cc1ccccc1)C1CCN(S(=O)(=O)c2ccccc2)CC1. The zero-order chi connectivity index (χ0) is 21.0. The second-order valence-corrected chi connectivity index (χ2v) is 9.28. The van der Waals surface area contributed by atoms with Gasteiger partial charge in [0.2, 0.25) is 15.9 Å². The molecule has 0 radical (unpaired) electrons. The molecule has 156 valence electrons. The first-order valence-electron chi connectivity index (χ1n) is 9.96. The highest BCUT2D eigenvalue weighted by Gasteiger charge is 2.32. The first-order chi connectivity index (χ1) is 14.5. The molecule has 1 N–H and O–H groups in total. The van der Waals surface area contributed by atoms with E-state index in [9.17, 15) is 13.2 Å². The molecule has 4 rings (SSSR count). The molecule has 8 heteroatoms. The van der Waals surface area contributed by atoms with Gasteiger partial charge in [0.05, 0.1) is 17.6 Å². The average molecular weight is 425 g/mol. The molecule has 0 spiro atoms. The molecule has 0 aliphatic carbocycles. The molecule has 1 saturated heterocycles. The monoisotopic (exact) mass is 424 g/mol. The number of carbonyl (C=O) groups excluding carboxylic acids is 1. The van der Waals surface area contributed by atoms with Crippen LogP contribution < -0.4 is 5.32 Å². The van der Waals surface area contributed by atoms with Crippen LogP contribution >= 0.6 is 0 Å². The van der Waals surface area contributed by atoms with Gasteiger partial charge in [-0.25, -0.2) is 13.1 Å². The maximum Gasteiger partial charge on any atom is 0.243 e. The van der Waals surface area contributed by atoms with Crippen LogP contribution in [0, 0.1) is 5.92 Å². The smallest absolute Gasteiger partial charge is 0.243 e. The van der Waals surface area contributed by atoms with E-state index in [-0.39, 0.29) is 16.7 Å². The normalized spacial score (nSPS) is 15.7. The van der Waals surface area contributed by atoms with E-state index in [1.54, 1.807) is 47.3 Å². The zero-order valence-electron chi connectivity index (χ0n) is 16.5. The number of aromatic nitrogens is 2. The molecule has 1 fully saturated rings. The summed E-state index contributed by atoms with van der Waals surface area (Å²) >= 11 is 0. The number of anilines is 1. The van der Waals surface area contributed by atoms with Crippen molar-refractivity contribution in [3.8, 4) is 0 Å². The van der Waals surface area contributed by atoms with Gasteiger partial charge in [0.15, 0.2) is 0 Å². The number of sulfonamides is 1. The average Bonchev–Trinajstić information content (AvgIpc) is 3.21. The topological polar surface area (TPSA) is 84.3 Å². The van der Waals surface area contributed by atoms with E-state index >= 15 is 0 Å². The van der Waals surface area contributed by atoms with E-state index in [1.165, 1.54) is 4.31 Å². The molecule has 0 bridgehead atoms. The number of nitrogens with zero attached hydrogens (tertiary/aromatic N) is 3. The summed E-state index contributed by atoms with van der Waals surface area (Å²) in [6.07, 6.45) is 2.64. The van der Waals surface area contributed by atoms with Crippen LogP contribution in [-0.2, 0) is 21.4 Å². The molecule has 0 unspecified atom stereocenters. The Morgan fingerprint density at radius 1 is 0.967 bits per heavy atom. The molecule has 1 aliphatic heterocycles. The lowest BCUT2D eigenvalue weighted by Crippen LogP contribution is -2.41. The Morgan fingerprint density at radius 3 is 2.27 bits per heavy atom. The third kappa shape index (κ3) is 4.44. The number of piperidine rings is 1. The first kappa shape index (κ1) is 20.3. The molecule has 1 aliphatic rings. The molecular formula is C22H24N4O3S. The van der Waals surface area contributed by atoms with Crippen molar-refractivity contribution in [2.45, 2.75) is 24.3 Å². The summed E-state index contributed by atoms with van der Waals surface area (Å²) in [5, 5.41) is 7.26.